The second-order valence-corrected chi connectivity index (χ2v) is 7.24. The van der Waals surface area contributed by atoms with Crippen LogP contribution in [0.15, 0.2) is 48.5 Å². The summed E-state index contributed by atoms with van der Waals surface area (Å²) in [6.07, 6.45) is 0. The lowest BCUT2D eigenvalue weighted by molar-refractivity contribution is 0.103. The van der Waals surface area contributed by atoms with Crippen LogP contribution < -0.4 is 14.8 Å². The Morgan fingerprint density at radius 2 is 1.85 bits per heavy atom. The SMILES string of the molecule is COc1ccc(OC)c(NC(=O)c2cc3cc4cc(C)ccc4nc3s2)c1. The number of nitrogens with zero attached hydrogens (tertiary/aromatic N) is 1. The number of hydrogen-bond donors (Lipinski definition) is 1. The van der Waals surface area contributed by atoms with E-state index in [0.717, 1.165) is 21.1 Å². The predicted octanol–water partition coefficient (Wildman–Crippen LogP) is 5.03. The quantitative estimate of drug-likeness (QED) is 0.541. The van der Waals surface area contributed by atoms with Crippen molar-refractivity contribution in [3.05, 3.63) is 59.0 Å². The molecule has 0 spiro atoms. The number of ether oxygens (including phenoxy) is 2. The molecule has 0 radical (unpaired) electrons. The predicted molar refractivity (Wildman–Crippen MR) is 109 cm³/mol. The van der Waals surface area contributed by atoms with Gasteiger partial charge in [-0.1, -0.05) is 11.6 Å². The van der Waals surface area contributed by atoms with Crippen LogP contribution in [-0.2, 0) is 0 Å². The van der Waals surface area contributed by atoms with Gasteiger partial charge in [0.05, 0.1) is 30.3 Å². The maximum atomic E-state index is 12.8. The van der Waals surface area contributed by atoms with E-state index in [1.54, 1.807) is 32.4 Å². The van der Waals surface area contributed by atoms with Crippen LogP contribution >= 0.6 is 11.3 Å². The van der Waals surface area contributed by atoms with E-state index in [9.17, 15) is 4.79 Å². The number of rotatable bonds is 4. The smallest absolute Gasteiger partial charge is 0.265 e. The molecule has 0 aliphatic carbocycles. The monoisotopic (exact) mass is 378 g/mol. The molecule has 2 heterocycles. The van der Waals surface area contributed by atoms with Crippen molar-refractivity contribution in [2.24, 2.45) is 0 Å². The highest BCUT2D eigenvalue weighted by atomic mass is 32.1. The van der Waals surface area contributed by atoms with Crippen molar-refractivity contribution in [3.63, 3.8) is 0 Å². The van der Waals surface area contributed by atoms with E-state index in [4.69, 9.17) is 9.47 Å². The summed E-state index contributed by atoms with van der Waals surface area (Å²) in [5.74, 6) is 1.01. The van der Waals surface area contributed by atoms with Gasteiger partial charge in [-0.05, 0) is 43.3 Å². The van der Waals surface area contributed by atoms with Crippen LogP contribution in [0.4, 0.5) is 5.69 Å². The fourth-order valence-corrected chi connectivity index (χ4v) is 3.88. The second kappa shape index (κ2) is 6.89. The maximum Gasteiger partial charge on any atom is 0.265 e. The van der Waals surface area contributed by atoms with Crippen LogP contribution in [-0.4, -0.2) is 25.1 Å². The number of fused-ring (bicyclic) bond motifs is 2. The molecule has 27 heavy (non-hydrogen) atoms. The zero-order valence-electron chi connectivity index (χ0n) is 15.2. The number of carbonyl (C=O) groups excluding carboxylic acids is 1. The summed E-state index contributed by atoms with van der Waals surface area (Å²) in [4.78, 5) is 18.9. The normalized spacial score (nSPS) is 10.9. The van der Waals surface area contributed by atoms with Crippen LogP contribution in [0.2, 0.25) is 0 Å². The van der Waals surface area contributed by atoms with Gasteiger partial charge in [0, 0.05) is 16.8 Å². The van der Waals surface area contributed by atoms with Gasteiger partial charge >= 0.3 is 0 Å². The maximum absolute atomic E-state index is 12.8. The van der Waals surface area contributed by atoms with E-state index in [-0.39, 0.29) is 5.91 Å². The minimum absolute atomic E-state index is 0.204. The highest BCUT2D eigenvalue weighted by Gasteiger charge is 2.15. The summed E-state index contributed by atoms with van der Waals surface area (Å²) < 4.78 is 10.6. The molecule has 6 heteroatoms. The van der Waals surface area contributed by atoms with Crippen molar-refractivity contribution < 1.29 is 14.3 Å². The topological polar surface area (TPSA) is 60.5 Å². The Balaban J connectivity index is 1.69. The lowest BCUT2D eigenvalue weighted by Crippen LogP contribution is -2.11. The highest BCUT2D eigenvalue weighted by Crippen LogP contribution is 2.32. The Hall–Kier alpha value is -3.12. The number of benzene rings is 2. The molecule has 0 atom stereocenters. The van der Waals surface area contributed by atoms with Crippen LogP contribution in [0, 0.1) is 6.92 Å². The Labute approximate surface area is 160 Å². The number of methoxy groups -OCH3 is 2. The first-order valence-corrected chi connectivity index (χ1v) is 9.23. The van der Waals surface area contributed by atoms with Crippen molar-refractivity contribution in [1.82, 2.24) is 4.98 Å². The van der Waals surface area contributed by atoms with Gasteiger partial charge in [0.25, 0.3) is 5.91 Å². The van der Waals surface area contributed by atoms with Gasteiger partial charge in [-0.3, -0.25) is 4.79 Å². The standard InChI is InChI=1S/C21H18N2O3S/c1-12-4-6-16-13(8-12)9-14-10-19(27-21(14)23-16)20(24)22-17-11-15(25-2)5-7-18(17)26-3/h4-11H,1-3H3,(H,22,24). The van der Waals surface area contributed by atoms with Crippen LogP contribution in [0.5, 0.6) is 11.5 Å². The molecule has 2 aromatic heterocycles. The van der Waals surface area contributed by atoms with Gasteiger partial charge in [0.1, 0.15) is 16.3 Å². The zero-order valence-corrected chi connectivity index (χ0v) is 16.0. The molecule has 1 N–H and O–H groups in total. The van der Waals surface area contributed by atoms with E-state index in [2.05, 4.69) is 29.4 Å². The van der Waals surface area contributed by atoms with Crippen LogP contribution in [0.25, 0.3) is 21.1 Å². The van der Waals surface area contributed by atoms with Crippen molar-refractivity contribution in [1.29, 1.82) is 0 Å². The molecular formula is C21H18N2O3S. The fourth-order valence-electron chi connectivity index (χ4n) is 2.96. The van der Waals surface area contributed by atoms with Crippen molar-refractivity contribution in [2.45, 2.75) is 6.92 Å². The third-order valence-electron chi connectivity index (χ3n) is 4.33. The molecule has 4 aromatic rings. The van der Waals surface area contributed by atoms with Crippen LogP contribution in [0.1, 0.15) is 15.2 Å². The first-order chi connectivity index (χ1) is 13.1. The van der Waals surface area contributed by atoms with Gasteiger partial charge < -0.3 is 14.8 Å². The number of hydrogen-bond acceptors (Lipinski definition) is 5. The number of pyridine rings is 1. The Morgan fingerprint density at radius 1 is 1.00 bits per heavy atom. The van der Waals surface area contributed by atoms with Crippen molar-refractivity contribution in [2.75, 3.05) is 19.5 Å². The molecule has 0 saturated carbocycles. The first kappa shape index (κ1) is 17.3. The minimum atomic E-state index is -0.204. The first-order valence-electron chi connectivity index (χ1n) is 8.42. The Kier molecular flexibility index (Phi) is 4.41. The van der Waals surface area contributed by atoms with Crippen LogP contribution in [0.3, 0.4) is 0 Å². The van der Waals surface area contributed by atoms with E-state index >= 15 is 0 Å². The molecule has 0 unspecified atom stereocenters. The molecule has 1 amide bonds. The summed E-state index contributed by atoms with van der Waals surface area (Å²) >= 11 is 1.37. The molecule has 5 nitrogen and oxygen atoms in total. The van der Waals surface area contributed by atoms with E-state index < -0.39 is 0 Å². The molecular weight excluding hydrogens is 360 g/mol. The van der Waals surface area contributed by atoms with Gasteiger partial charge in [-0.2, -0.15) is 0 Å². The van der Waals surface area contributed by atoms with E-state index in [0.29, 0.717) is 22.1 Å². The van der Waals surface area contributed by atoms with Crippen molar-refractivity contribution in [3.8, 4) is 11.5 Å². The molecule has 0 bridgehead atoms. The lowest BCUT2D eigenvalue weighted by atomic mass is 10.1. The second-order valence-electron chi connectivity index (χ2n) is 6.21. The zero-order chi connectivity index (χ0) is 19.0. The molecule has 0 fully saturated rings. The molecule has 2 aromatic carbocycles. The average molecular weight is 378 g/mol. The lowest BCUT2D eigenvalue weighted by Gasteiger charge is -2.11. The summed E-state index contributed by atoms with van der Waals surface area (Å²) in [6.45, 7) is 2.05. The van der Waals surface area contributed by atoms with Crippen molar-refractivity contribution >= 4 is 44.1 Å². The highest BCUT2D eigenvalue weighted by molar-refractivity contribution is 7.20. The summed E-state index contributed by atoms with van der Waals surface area (Å²) in [5.41, 5.74) is 2.67. The molecule has 4 rings (SSSR count). The number of anilines is 1. The number of nitrogens with one attached hydrogen (secondary N) is 1. The van der Waals surface area contributed by atoms with Gasteiger partial charge in [-0.25, -0.2) is 4.98 Å². The fraction of sp³-hybridized carbons (Fsp3) is 0.143. The number of aryl methyl sites for hydroxylation is 1. The molecule has 0 aliphatic rings. The summed E-state index contributed by atoms with van der Waals surface area (Å²) in [5, 5.41) is 4.93. The number of aromatic nitrogens is 1. The van der Waals surface area contributed by atoms with Gasteiger partial charge in [0.2, 0.25) is 0 Å². The van der Waals surface area contributed by atoms with Gasteiger partial charge in [0.15, 0.2) is 0 Å². The number of thiophene rings is 1. The number of amides is 1. The summed E-state index contributed by atoms with van der Waals surface area (Å²) in [7, 11) is 3.14. The summed E-state index contributed by atoms with van der Waals surface area (Å²) in [6, 6.07) is 15.4. The molecule has 136 valence electrons. The minimum Gasteiger partial charge on any atom is -0.497 e. The largest absolute Gasteiger partial charge is 0.497 e. The van der Waals surface area contributed by atoms with E-state index in [1.807, 2.05) is 18.2 Å². The average Bonchev–Trinajstić information content (AvgIpc) is 3.09. The van der Waals surface area contributed by atoms with Gasteiger partial charge in [-0.15, -0.1) is 11.3 Å². The molecule has 0 saturated heterocycles. The third kappa shape index (κ3) is 3.31. The number of carbonyl (C=O) groups is 1. The Morgan fingerprint density at radius 3 is 2.63 bits per heavy atom. The van der Waals surface area contributed by atoms with E-state index in [1.165, 1.54) is 16.9 Å². The molecule has 0 aliphatic heterocycles. The third-order valence-corrected chi connectivity index (χ3v) is 5.38. The Bertz CT molecular complexity index is 1170.